The SMILES string of the molecule is O=C(CN1C(=O)[C@@H](C(=O)N2CCCCC2)Sc2ccccc21)Nc1ccc(F)cc1. The van der Waals surface area contributed by atoms with Gasteiger partial charge >= 0.3 is 0 Å². The van der Waals surface area contributed by atoms with Crippen molar-refractivity contribution in [1.82, 2.24) is 4.90 Å². The summed E-state index contributed by atoms with van der Waals surface area (Å²) in [5.74, 6) is -1.39. The number of nitrogens with zero attached hydrogens (tertiary/aromatic N) is 2. The maximum atomic E-state index is 13.2. The van der Waals surface area contributed by atoms with Gasteiger partial charge in [0, 0.05) is 23.7 Å². The van der Waals surface area contributed by atoms with E-state index in [4.69, 9.17) is 0 Å². The minimum absolute atomic E-state index is 0.192. The van der Waals surface area contributed by atoms with Crippen molar-refractivity contribution in [1.29, 1.82) is 0 Å². The standard InChI is InChI=1S/C22H22FN3O3S/c23-15-8-10-16(11-9-15)24-19(27)14-26-17-6-2-3-7-18(17)30-20(22(26)29)21(28)25-12-4-1-5-13-25/h2-3,6-11,20H,1,4-5,12-14H2,(H,24,27)/t20-/m1/s1. The van der Waals surface area contributed by atoms with Crippen LogP contribution < -0.4 is 10.2 Å². The third kappa shape index (κ3) is 4.33. The third-order valence-electron chi connectivity index (χ3n) is 5.21. The number of halogens is 1. The minimum Gasteiger partial charge on any atom is -0.341 e. The van der Waals surface area contributed by atoms with E-state index in [1.165, 1.54) is 40.9 Å². The normalized spacial score (nSPS) is 18.7. The number of rotatable bonds is 4. The largest absolute Gasteiger partial charge is 0.341 e. The summed E-state index contributed by atoms with van der Waals surface area (Å²) in [6.07, 6.45) is 2.98. The molecule has 1 atom stereocenters. The van der Waals surface area contributed by atoms with Gasteiger partial charge in [0.1, 0.15) is 12.4 Å². The topological polar surface area (TPSA) is 69.7 Å². The molecule has 6 nitrogen and oxygen atoms in total. The van der Waals surface area contributed by atoms with Gasteiger partial charge in [0.25, 0.3) is 5.91 Å². The maximum Gasteiger partial charge on any atom is 0.250 e. The first kappa shape index (κ1) is 20.4. The Morgan fingerprint density at radius 2 is 1.73 bits per heavy atom. The number of hydrogen-bond donors (Lipinski definition) is 1. The van der Waals surface area contributed by atoms with Crippen molar-refractivity contribution in [2.75, 3.05) is 29.9 Å². The Balaban J connectivity index is 1.54. The smallest absolute Gasteiger partial charge is 0.250 e. The van der Waals surface area contributed by atoms with Crippen molar-refractivity contribution in [3.05, 3.63) is 54.3 Å². The summed E-state index contributed by atoms with van der Waals surface area (Å²) >= 11 is 1.25. The molecule has 0 unspecified atom stereocenters. The molecule has 1 fully saturated rings. The number of amides is 3. The zero-order chi connectivity index (χ0) is 21.1. The average molecular weight is 428 g/mol. The molecule has 2 aliphatic heterocycles. The highest BCUT2D eigenvalue weighted by atomic mass is 32.2. The Morgan fingerprint density at radius 1 is 1.03 bits per heavy atom. The highest BCUT2D eigenvalue weighted by Crippen LogP contribution is 2.39. The molecule has 4 rings (SSSR count). The Bertz CT molecular complexity index is 960. The predicted molar refractivity (Wildman–Crippen MR) is 114 cm³/mol. The molecule has 30 heavy (non-hydrogen) atoms. The number of likely N-dealkylation sites (tertiary alicyclic amines) is 1. The quantitative estimate of drug-likeness (QED) is 0.761. The number of benzene rings is 2. The lowest BCUT2D eigenvalue weighted by molar-refractivity contribution is -0.135. The second kappa shape index (κ2) is 8.87. The number of nitrogens with one attached hydrogen (secondary N) is 1. The van der Waals surface area contributed by atoms with Gasteiger partial charge in [-0.15, -0.1) is 11.8 Å². The molecule has 2 heterocycles. The van der Waals surface area contributed by atoms with Crippen LogP contribution in [0.4, 0.5) is 15.8 Å². The highest BCUT2D eigenvalue weighted by Gasteiger charge is 2.40. The number of anilines is 2. The van der Waals surface area contributed by atoms with Crippen LogP contribution in [0, 0.1) is 5.82 Å². The first-order valence-corrected chi connectivity index (χ1v) is 10.8. The predicted octanol–water partition coefficient (Wildman–Crippen LogP) is 3.28. The van der Waals surface area contributed by atoms with Crippen LogP contribution in [0.1, 0.15) is 19.3 Å². The van der Waals surface area contributed by atoms with E-state index in [9.17, 15) is 18.8 Å². The molecular formula is C22H22FN3O3S. The molecule has 0 bridgehead atoms. The molecule has 1 saturated heterocycles. The molecule has 0 aromatic heterocycles. The van der Waals surface area contributed by atoms with Crippen LogP contribution >= 0.6 is 11.8 Å². The number of carbonyl (C=O) groups is 3. The number of fused-ring (bicyclic) bond motifs is 1. The molecule has 1 N–H and O–H groups in total. The van der Waals surface area contributed by atoms with Crippen LogP contribution in [0.3, 0.4) is 0 Å². The molecule has 3 amide bonds. The van der Waals surface area contributed by atoms with Crippen molar-refractivity contribution < 1.29 is 18.8 Å². The van der Waals surface area contributed by atoms with Gasteiger partial charge in [-0.25, -0.2) is 4.39 Å². The van der Waals surface area contributed by atoms with E-state index in [0.29, 0.717) is 24.5 Å². The number of carbonyl (C=O) groups excluding carboxylic acids is 3. The van der Waals surface area contributed by atoms with Gasteiger partial charge in [-0.05, 0) is 55.7 Å². The van der Waals surface area contributed by atoms with E-state index in [0.717, 1.165) is 24.2 Å². The molecule has 156 valence electrons. The van der Waals surface area contributed by atoms with Crippen LogP contribution in [0.5, 0.6) is 0 Å². The first-order valence-electron chi connectivity index (χ1n) is 9.94. The fourth-order valence-corrected chi connectivity index (χ4v) is 4.88. The van der Waals surface area contributed by atoms with Crippen molar-refractivity contribution in [3.63, 3.8) is 0 Å². The molecule has 2 aromatic carbocycles. The Kier molecular flexibility index (Phi) is 6.03. The fourth-order valence-electron chi connectivity index (χ4n) is 3.69. The maximum absolute atomic E-state index is 13.2. The highest BCUT2D eigenvalue weighted by molar-refractivity contribution is 8.01. The van der Waals surface area contributed by atoms with E-state index in [2.05, 4.69) is 5.32 Å². The first-order chi connectivity index (χ1) is 14.5. The van der Waals surface area contributed by atoms with Gasteiger partial charge in [0.15, 0.2) is 5.25 Å². The molecule has 2 aromatic rings. The van der Waals surface area contributed by atoms with Crippen LogP contribution in [0.25, 0.3) is 0 Å². The molecule has 8 heteroatoms. The van der Waals surface area contributed by atoms with Crippen LogP contribution in [-0.4, -0.2) is 47.5 Å². The Hall–Kier alpha value is -2.87. The summed E-state index contributed by atoms with van der Waals surface area (Å²) in [5.41, 5.74) is 1.05. The summed E-state index contributed by atoms with van der Waals surface area (Å²) in [4.78, 5) is 42.8. The second-order valence-electron chi connectivity index (χ2n) is 7.33. The summed E-state index contributed by atoms with van der Waals surface area (Å²) in [7, 11) is 0. The lowest BCUT2D eigenvalue weighted by Gasteiger charge is -2.36. The molecule has 0 radical (unpaired) electrons. The van der Waals surface area contributed by atoms with E-state index in [1.54, 1.807) is 17.0 Å². The van der Waals surface area contributed by atoms with E-state index >= 15 is 0 Å². The zero-order valence-corrected chi connectivity index (χ0v) is 17.2. The van der Waals surface area contributed by atoms with Crippen molar-refractivity contribution in [2.45, 2.75) is 29.4 Å². The Labute approximate surface area is 178 Å². The van der Waals surface area contributed by atoms with Crippen LogP contribution in [0.15, 0.2) is 53.4 Å². The third-order valence-corrected chi connectivity index (χ3v) is 6.45. The molecule has 0 saturated carbocycles. The summed E-state index contributed by atoms with van der Waals surface area (Å²) in [5, 5.41) is 1.78. The zero-order valence-electron chi connectivity index (χ0n) is 16.3. The lowest BCUT2D eigenvalue weighted by Crippen LogP contribution is -2.52. The van der Waals surface area contributed by atoms with E-state index in [1.807, 2.05) is 12.1 Å². The second-order valence-corrected chi connectivity index (χ2v) is 8.48. The molecular weight excluding hydrogens is 405 g/mol. The number of hydrogen-bond acceptors (Lipinski definition) is 4. The van der Waals surface area contributed by atoms with Crippen molar-refractivity contribution in [3.8, 4) is 0 Å². The van der Waals surface area contributed by atoms with Crippen LogP contribution in [0.2, 0.25) is 0 Å². The molecule has 0 aliphatic carbocycles. The number of thioether (sulfide) groups is 1. The molecule has 2 aliphatic rings. The van der Waals surface area contributed by atoms with Gasteiger partial charge < -0.3 is 15.1 Å². The van der Waals surface area contributed by atoms with E-state index < -0.39 is 17.0 Å². The Morgan fingerprint density at radius 3 is 2.47 bits per heavy atom. The van der Waals surface area contributed by atoms with Crippen LogP contribution in [-0.2, 0) is 14.4 Å². The summed E-state index contributed by atoms with van der Waals surface area (Å²) in [6.45, 7) is 1.10. The van der Waals surface area contributed by atoms with Gasteiger partial charge in [-0.1, -0.05) is 12.1 Å². The number of para-hydroxylation sites is 1. The monoisotopic (exact) mass is 427 g/mol. The number of piperidine rings is 1. The van der Waals surface area contributed by atoms with E-state index in [-0.39, 0.29) is 18.4 Å². The molecule has 0 spiro atoms. The van der Waals surface area contributed by atoms with Gasteiger partial charge in [-0.2, -0.15) is 0 Å². The van der Waals surface area contributed by atoms with Gasteiger partial charge in [0.2, 0.25) is 11.8 Å². The van der Waals surface area contributed by atoms with Crippen molar-refractivity contribution >= 4 is 40.9 Å². The summed E-state index contributed by atoms with van der Waals surface area (Å²) < 4.78 is 13.1. The minimum atomic E-state index is -0.892. The van der Waals surface area contributed by atoms with Gasteiger partial charge in [0.05, 0.1) is 5.69 Å². The van der Waals surface area contributed by atoms with Crippen molar-refractivity contribution in [2.24, 2.45) is 0 Å². The fraction of sp³-hybridized carbons (Fsp3) is 0.318. The average Bonchev–Trinajstić information content (AvgIpc) is 2.77. The lowest BCUT2D eigenvalue weighted by atomic mass is 10.1. The summed E-state index contributed by atoms with van der Waals surface area (Å²) in [6, 6.07) is 12.7. The van der Waals surface area contributed by atoms with Gasteiger partial charge in [-0.3, -0.25) is 14.4 Å².